The third-order valence-electron chi connectivity index (χ3n) is 3.38. The molecule has 1 fully saturated rings. The number of halogens is 1. The van der Waals surface area contributed by atoms with Crippen molar-refractivity contribution in [2.24, 2.45) is 0 Å². The normalized spacial score (nSPS) is 21.8. The molecule has 0 amide bonds. The molecule has 0 saturated carbocycles. The second-order valence-electron chi connectivity index (χ2n) is 4.51. The number of likely N-dealkylation sites (N-methyl/N-ethyl adjacent to an activating group) is 1. The van der Waals surface area contributed by atoms with Gasteiger partial charge in [-0.05, 0) is 13.5 Å². The van der Waals surface area contributed by atoms with E-state index in [1.807, 2.05) is 12.4 Å². The molecular formula is C12H19ClN4. The molecule has 1 unspecified atom stereocenters. The number of aromatic nitrogens is 2. The fourth-order valence-electron chi connectivity index (χ4n) is 2.15. The first-order chi connectivity index (χ1) is 8.24. The van der Waals surface area contributed by atoms with Crippen molar-refractivity contribution >= 4 is 17.5 Å². The van der Waals surface area contributed by atoms with E-state index >= 15 is 0 Å². The summed E-state index contributed by atoms with van der Waals surface area (Å²) < 4.78 is 0. The Bertz CT molecular complexity index is 354. The molecule has 1 aliphatic heterocycles. The van der Waals surface area contributed by atoms with Crippen LogP contribution < -0.4 is 4.90 Å². The van der Waals surface area contributed by atoms with Crippen LogP contribution in [0, 0.1) is 0 Å². The highest BCUT2D eigenvalue weighted by Gasteiger charge is 2.24. The summed E-state index contributed by atoms with van der Waals surface area (Å²) in [5.74, 6) is 1.30. The summed E-state index contributed by atoms with van der Waals surface area (Å²) in [5, 5.41) is 0. The molecule has 1 aromatic rings. The number of anilines is 1. The van der Waals surface area contributed by atoms with Crippen molar-refractivity contribution in [1.29, 1.82) is 0 Å². The highest BCUT2D eigenvalue weighted by molar-refractivity contribution is 6.17. The molecule has 1 aliphatic rings. The molecule has 2 heterocycles. The van der Waals surface area contributed by atoms with Crippen molar-refractivity contribution in [2.45, 2.75) is 25.3 Å². The minimum atomic E-state index is 0.473. The lowest BCUT2D eigenvalue weighted by Gasteiger charge is -2.39. The summed E-state index contributed by atoms with van der Waals surface area (Å²) >= 11 is 5.73. The average molecular weight is 255 g/mol. The van der Waals surface area contributed by atoms with Crippen LogP contribution in [0.25, 0.3) is 0 Å². The van der Waals surface area contributed by atoms with Crippen LogP contribution in [-0.4, -0.2) is 47.6 Å². The molecule has 2 rings (SSSR count). The van der Waals surface area contributed by atoms with Gasteiger partial charge in [0.1, 0.15) is 0 Å². The predicted octanol–water partition coefficient (Wildman–Crippen LogP) is 1.75. The Hall–Kier alpha value is -0.870. The topological polar surface area (TPSA) is 32.3 Å². The van der Waals surface area contributed by atoms with Crippen molar-refractivity contribution in [1.82, 2.24) is 14.9 Å². The van der Waals surface area contributed by atoms with E-state index < -0.39 is 0 Å². The van der Waals surface area contributed by atoms with Crippen LogP contribution in [0.3, 0.4) is 0 Å². The van der Waals surface area contributed by atoms with E-state index in [9.17, 15) is 0 Å². The molecule has 0 aliphatic carbocycles. The van der Waals surface area contributed by atoms with E-state index in [2.05, 4.69) is 33.7 Å². The van der Waals surface area contributed by atoms with E-state index in [1.165, 1.54) is 0 Å². The number of hydrogen-bond donors (Lipinski definition) is 0. The molecule has 0 N–H and O–H groups in total. The van der Waals surface area contributed by atoms with Gasteiger partial charge in [-0.3, -0.25) is 4.90 Å². The Morgan fingerprint density at radius 3 is 2.65 bits per heavy atom. The van der Waals surface area contributed by atoms with Crippen LogP contribution >= 0.6 is 11.6 Å². The molecule has 1 atom stereocenters. The largest absolute Gasteiger partial charge is 0.338 e. The summed E-state index contributed by atoms with van der Waals surface area (Å²) in [6.45, 7) is 5.29. The van der Waals surface area contributed by atoms with Gasteiger partial charge in [0.25, 0.3) is 0 Å². The quantitative estimate of drug-likeness (QED) is 0.770. The van der Waals surface area contributed by atoms with Crippen molar-refractivity contribution in [3.63, 3.8) is 0 Å². The van der Waals surface area contributed by atoms with Crippen molar-refractivity contribution < 1.29 is 0 Å². The van der Waals surface area contributed by atoms with E-state index in [-0.39, 0.29) is 0 Å². The molecule has 0 aromatic carbocycles. The monoisotopic (exact) mass is 254 g/mol. The number of hydrogen-bond acceptors (Lipinski definition) is 4. The van der Waals surface area contributed by atoms with Gasteiger partial charge >= 0.3 is 0 Å². The Morgan fingerprint density at radius 1 is 1.35 bits per heavy atom. The molecule has 0 bridgehead atoms. The van der Waals surface area contributed by atoms with Crippen LogP contribution in [0.5, 0.6) is 0 Å². The zero-order valence-corrected chi connectivity index (χ0v) is 11.2. The van der Waals surface area contributed by atoms with E-state index in [0.717, 1.165) is 37.6 Å². The molecule has 4 nitrogen and oxygen atoms in total. The third-order valence-corrected chi connectivity index (χ3v) is 3.69. The van der Waals surface area contributed by atoms with Gasteiger partial charge in [0.15, 0.2) is 0 Å². The maximum Gasteiger partial charge on any atom is 0.225 e. The van der Waals surface area contributed by atoms with Crippen LogP contribution in [-0.2, 0) is 5.88 Å². The Kier molecular flexibility index (Phi) is 4.18. The Balaban J connectivity index is 2.06. The molecule has 17 heavy (non-hydrogen) atoms. The predicted molar refractivity (Wildman–Crippen MR) is 70.5 cm³/mol. The van der Waals surface area contributed by atoms with E-state index in [4.69, 9.17) is 11.6 Å². The van der Waals surface area contributed by atoms with E-state index in [0.29, 0.717) is 11.9 Å². The first-order valence-electron chi connectivity index (χ1n) is 6.06. The number of piperazine rings is 1. The summed E-state index contributed by atoms with van der Waals surface area (Å²) in [6.07, 6.45) is 4.79. The highest BCUT2D eigenvalue weighted by Crippen LogP contribution is 2.16. The first-order valence-corrected chi connectivity index (χ1v) is 6.60. The van der Waals surface area contributed by atoms with Gasteiger partial charge in [-0.15, -0.1) is 11.6 Å². The van der Waals surface area contributed by atoms with Crippen molar-refractivity contribution in [3.05, 3.63) is 18.0 Å². The highest BCUT2D eigenvalue weighted by atomic mass is 35.5. The molecular weight excluding hydrogens is 236 g/mol. The van der Waals surface area contributed by atoms with Crippen molar-refractivity contribution in [2.75, 3.05) is 31.6 Å². The summed E-state index contributed by atoms with van der Waals surface area (Å²) in [5.41, 5.74) is 0.969. The van der Waals surface area contributed by atoms with Gasteiger partial charge < -0.3 is 4.90 Å². The summed E-state index contributed by atoms with van der Waals surface area (Å²) in [6, 6.07) is 0.597. The molecule has 94 valence electrons. The minimum Gasteiger partial charge on any atom is -0.338 e. The van der Waals surface area contributed by atoms with Gasteiger partial charge in [0, 0.05) is 43.6 Å². The lowest BCUT2D eigenvalue weighted by Crippen LogP contribution is -2.51. The second-order valence-corrected chi connectivity index (χ2v) is 4.78. The van der Waals surface area contributed by atoms with Gasteiger partial charge in [-0.1, -0.05) is 6.92 Å². The lowest BCUT2D eigenvalue weighted by molar-refractivity contribution is 0.212. The van der Waals surface area contributed by atoms with Crippen LogP contribution in [0.1, 0.15) is 18.9 Å². The van der Waals surface area contributed by atoms with Crippen molar-refractivity contribution in [3.8, 4) is 0 Å². The Labute approximate surface area is 108 Å². The van der Waals surface area contributed by atoms with Gasteiger partial charge in [0.2, 0.25) is 5.95 Å². The zero-order valence-electron chi connectivity index (χ0n) is 10.4. The zero-order chi connectivity index (χ0) is 12.3. The summed E-state index contributed by atoms with van der Waals surface area (Å²) in [7, 11) is 2.18. The second kappa shape index (κ2) is 5.65. The number of rotatable bonds is 3. The molecule has 1 aromatic heterocycles. The fourth-order valence-corrected chi connectivity index (χ4v) is 2.29. The average Bonchev–Trinajstić information content (AvgIpc) is 2.39. The van der Waals surface area contributed by atoms with Crippen LogP contribution in [0.15, 0.2) is 12.4 Å². The molecule has 1 saturated heterocycles. The fraction of sp³-hybridized carbons (Fsp3) is 0.667. The maximum atomic E-state index is 5.73. The molecule has 0 spiro atoms. The lowest BCUT2D eigenvalue weighted by atomic mass is 10.1. The maximum absolute atomic E-state index is 5.73. The minimum absolute atomic E-state index is 0.473. The molecule has 0 radical (unpaired) electrons. The van der Waals surface area contributed by atoms with Gasteiger partial charge in [-0.25, -0.2) is 9.97 Å². The van der Waals surface area contributed by atoms with Crippen LogP contribution in [0.2, 0.25) is 0 Å². The third kappa shape index (κ3) is 2.87. The molecule has 5 heteroatoms. The summed E-state index contributed by atoms with van der Waals surface area (Å²) in [4.78, 5) is 13.4. The number of nitrogens with zero attached hydrogens (tertiary/aromatic N) is 4. The van der Waals surface area contributed by atoms with Gasteiger partial charge in [-0.2, -0.15) is 0 Å². The smallest absolute Gasteiger partial charge is 0.225 e. The number of alkyl halides is 1. The first kappa shape index (κ1) is 12.6. The Morgan fingerprint density at radius 2 is 2.06 bits per heavy atom. The van der Waals surface area contributed by atoms with Gasteiger partial charge in [0.05, 0.1) is 5.88 Å². The van der Waals surface area contributed by atoms with E-state index in [1.54, 1.807) is 0 Å². The SMILES string of the molecule is CCC1CN(c2ncc(CCl)cn2)CCN1C. The van der Waals surface area contributed by atoms with Crippen LogP contribution in [0.4, 0.5) is 5.95 Å². The standard InChI is InChI=1S/C12H19ClN4/c1-3-11-9-17(5-4-16(11)2)12-14-7-10(6-13)8-15-12/h7-8,11H,3-6,9H2,1-2H3.